The first-order valence-corrected chi connectivity index (χ1v) is 9.71. The van der Waals surface area contributed by atoms with Crippen LogP contribution in [0.4, 0.5) is 23.7 Å². The molecule has 8 heteroatoms. The lowest BCUT2D eigenvalue weighted by Crippen LogP contribution is -2.41. The Kier molecular flexibility index (Phi) is 6.83. The highest BCUT2D eigenvalue weighted by Crippen LogP contribution is 2.25. The average molecular weight is 417 g/mol. The van der Waals surface area contributed by atoms with Crippen molar-refractivity contribution in [3.05, 3.63) is 59.7 Å². The van der Waals surface area contributed by atoms with Gasteiger partial charge < -0.3 is 15.4 Å². The second-order valence-electron chi connectivity index (χ2n) is 7.32. The number of nitrogens with one attached hydrogen (secondary N) is 2. The van der Waals surface area contributed by atoms with Crippen LogP contribution in [-0.4, -0.2) is 24.4 Å². The van der Waals surface area contributed by atoms with Gasteiger partial charge in [0.25, 0.3) is 0 Å². The normalized spacial score (nSPS) is 18.9. The summed E-state index contributed by atoms with van der Waals surface area (Å²) in [6.45, 7) is 0. The van der Waals surface area contributed by atoms with Gasteiger partial charge in [0.2, 0.25) is 0 Å². The minimum absolute atomic E-state index is 0.00955. The van der Waals surface area contributed by atoms with Gasteiger partial charge in [-0.2, -0.15) is 18.4 Å². The Morgan fingerprint density at radius 3 is 2.23 bits per heavy atom. The number of alkyl halides is 3. The second-order valence-corrected chi connectivity index (χ2v) is 7.32. The van der Waals surface area contributed by atoms with Crippen LogP contribution in [0.25, 0.3) is 0 Å². The molecule has 30 heavy (non-hydrogen) atoms. The molecular weight excluding hydrogens is 395 g/mol. The van der Waals surface area contributed by atoms with Crippen molar-refractivity contribution in [3.8, 4) is 11.8 Å². The first-order valence-electron chi connectivity index (χ1n) is 9.71. The van der Waals surface area contributed by atoms with Gasteiger partial charge in [-0.25, -0.2) is 4.79 Å². The number of nitrogens with zero attached hydrogens (tertiary/aromatic N) is 1. The molecule has 0 heterocycles. The molecule has 0 bridgehead atoms. The van der Waals surface area contributed by atoms with Gasteiger partial charge in [-0.3, -0.25) is 0 Å². The van der Waals surface area contributed by atoms with E-state index in [4.69, 9.17) is 10.00 Å². The van der Waals surface area contributed by atoms with E-state index in [2.05, 4.69) is 16.7 Å². The topological polar surface area (TPSA) is 74.1 Å². The van der Waals surface area contributed by atoms with Gasteiger partial charge in [0.15, 0.2) is 0 Å². The Morgan fingerprint density at radius 2 is 1.67 bits per heavy atom. The number of ether oxygens (including phenoxy) is 1. The number of hydrogen-bond donors (Lipinski definition) is 2. The summed E-state index contributed by atoms with van der Waals surface area (Å²) >= 11 is 0. The Balaban J connectivity index is 1.41. The fourth-order valence-corrected chi connectivity index (χ4v) is 3.42. The number of anilines is 1. The molecule has 0 saturated heterocycles. The maximum Gasteiger partial charge on any atom is 0.393 e. The van der Waals surface area contributed by atoms with Gasteiger partial charge in [0.05, 0.1) is 24.2 Å². The summed E-state index contributed by atoms with van der Waals surface area (Å²) < 4.78 is 43.1. The van der Waals surface area contributed by atoms with Crippen LogP contribution in [0.15, 0.2) is 48.5 Å². The molecule has 2 aromatic carbocycles. The number of halogens is 3. The minimum atomic E-state index is -4.25. The SMILES string of the molecule is N#Cc1ccc(O[C@H]2CC[C@H](NC(=O)Nc3ccc(CC(F)(F)F)cc3)CC2)cc1. The van der Waals surface area contributed by atoms with E-state index in [1.54, 1.807) is 24.3 Å². The summed E-state index contributed by atoms with van der Waals surface area (Å²) in [4.78, 5) is 12.2. The van der Waals surface area contributed by atoms with Gasteiger partial charge in [-0.05, 0) is 67.6 Å². The maximum absolute atomic E-state index is 12.4. The number of hydrogen-bond acceptors (Lipinski definition) is 3. The largest absolute Gasteiger partial charge is 0.490 e. The predicted molar refractivity (Wildman–Crippen MR) is 106 cm³/mol. The Bertz CT molecular complexity index is 882. The van der Waals surface area contributed by atoms with Gasteiger partial charge >= 0.3 is 12.2 Å². The zero-order chi connectivity index (χ0) is 21.6. The smallest absolute Gasteiger partial charge is 0.393 e. The molecule has 2 amide bonds. The zero-order valence-corrected chi connectivity index (χ0v) is 16.2. The van der Waals surface area contributed by atoms with Crippen LogP contribution in [0.5, 0.6) is 5.75 Å². The molecule has 5 nitrogen and oxygen atoms in total. The Hall–Kier alpha value is -3.21. The molecule has 1 saturated carbocycles. The first kappa shape index (κ1) is 21.5. The summed E-state index contributed by atoms with van der Waals surface area (Å²) in [6.07, 6.45) is -2.09. The number of carbonyl (C=O) groups is 1. The van der Waals surface area contributed by atoms with Crippen LogP contribution >= 0.6 is 0 Å². The van der Waals surface area contributed by atoms with Crippen LogP contribution in [-0.2, 0) is 6.42 Å². The molecule has 1 aliphatic rings. The number of rotatable bonds is 5. The number of carbonyl (C=O) groups excluding carboxylic acids is 1. The lowest BCUT2D eigenvalue weighted by atomic mass is 9.93. The lowest BCUT2D eigenvalue weighted by molar-refractivity contribution is -0.127. The molecule has 0 unspecified atom stereocenters. The van der Waals surface area contributed by atoms with E-state index < -0.39 is 12.6 Å². The van der Waals surface area contributed by atoms with E-state index in [1.165, 1.54) is 24.3 Å². The molecule has 1 fully saturated rings. The Morgan fingerprint density at radius 1 is 1.03 bits per heavy atom. The van der Waals surface area contributed by atoms with E-state index in [9.17, 15) is 18.0 Å². The van der Waals surface area contributed by atoms with Crippen molar-refractivity contribution in [2.75, 3.05) is 5.32 Å². The summed E-state index contributed by atoms with van der Waals surface area (Å²) in [5.74, 6) is 0.720. The highest BCUT2D eigenvalue weighted by atomic mass is 19.4. The second kappa shape index (κ2) is 9.53. The van der Waals surface area contributed by atoms with Crippen molar-refractivity contribution in [3.63, 3.8) is 0 Å². The van der Waals surface area contributed by atoms with E-state index in [-0.39, 0.29) is 23.7 Å². The molecule has 2 aromatic rings. The monoisotopic (exact) mass is 417 g/mol. The molecule has 0 atom stereocenters. The third-order valence-electron chi connectivity index (χ3n) is 4.91. The fraction of sp³-hybridized carbons (Fsp3) is 0.364. The molecule has 158 valence electrons. The van der Waals surface area contributed by atoms with Crippen molar-refractivity contribution >= 4 is 11.7 Å². The van der Waals surface area contributed by atoms with Crippen LogP contribution < -0.4 is 15.4 Å². The van der Waals surface area contributed by atoms with Gasteiger partial charge in [0, 0.05) is 11.7 Å². The van der Waals surface area contributed by atoms with Crippen LogP contribution in [0.1, 0.15) is 36.8 Å². The van der Waals surface area contributed by atoms with Crippen molar-refractivity contribution in [1.82, 2.24) is 5.32 Å². The van der Waals surface area contributed by atoms with E-state index in [1.807, 2.05) is 0 Å². The maximum atomic E-state index is 12.4. The van der Waals surface area contributed by atoms with Crippen LogP contribution in [0, 0.1) is 11.3 Å². The van der Waals surface area contributed by atoms with E-state index in [0.717, 1.165) is 31.4 Å². The number of urea groups is 1. The molecule has 2 N–H and O–H groups in total. The zero-order valence-electron chi connectivity index (χ0n) is 16.2. The van der Waals surface area contributed by atoms with Crippen LogP contribution in [0.2, 0.25) is 0 Å². The van der Waals surface area contributed by atoms with Crippen molar-refractivity contribution in [1.29, 1.82) is 5.26 Å². The van der Waals surface area contributed by atoms with Crippen molar-refractivity contribution in [2.24, 2.45) is 0 Å². The Labute approximate surface area is 172 Å². The molecule has 0 spiro atoms. The molecule has 0 aromatic heterocycles. The minimum Gasteiger partial charge on any atom is -0.490 e. The predicted octanol–water partition coefficient (Wildman–Crippen LogP) is 5.17. The van der Waals surface area contributed by atoms with E-state index >= 15 is 0 Å². The highest BCUT2D eigenvalue weighted by Gasteiger charge is 2.27. The van der Waals surface area contributed by atoms with Gasteiger partial charge in [0.1, 0.15) is 5.75 Å². The summed E-state index contributed by atoms with van der Waals surface area (Å²) in [5, 5.41) is 14.4. The number of amides is 2. The molecule has 1 aliphatic carbocycles. The number of benzene rings is 2. The molecule has 0 aliphatic heterocycles. The summed E-state index contributed by atoms with van der Waals surface area (Å²) in [7, 11) is 0. The highest BCUT2D eigenvalue weighted by molar-refractivity contribution is 5.89. The summed E-state index contributed by atoms with van der Waals surface area (Å²) in [6, 6.07) is 14.3. The molecule has 3 rings (SSSR count). The molecular formula is C22H22F3N3O2. The number of nitriles is 1. The lowest BCUT2D eigenvalue weighted by Gasteiger charge is -2.29. The van der Waals surface area contributed by atoms with Gasteiger partial charge in [-0.15, -0.1) is 0 Å². The first-order chi connectivity index (χ1) is 14.3. The third kappa shape index (κ3) is 6.69. The van der Waals surface area contributed by atoms with Crippen molar-refractivity contribution < 1.29 is 22.7 Å². The van der Waals surface area contributed by atoms with Crippen LogP contribution in [0.3, 0.4) is 0 Å². The van der Waals surface area contributed by atoms with Gasteiger partial charge in [-0.1, -0.05) is 12.1 Å². The van der Waals surface area contributed by atoms with E-state index in [0.29, 0.717) is 11.3 Å². The van der Waals surface area contributed by atoms with Crippen molar-refractivity contribution in [2.45, 2.75) is 50.4 Å². The molecule has 0 radical (unpaired) electrons. The fourth-order valence-electron chi connectivity index (χ4n) is 3.42. The summed E-state index contributed by atoms with van der Waals surface area (Å²) in [5.41, 5.74) is 1.17. The quantitative estimate of drug-likeness (QED) is 0.704. The third-order valence-corrected chi connectivity index (χ3v) is 4.91. The standard InChI is InChI=1S/C22H22F3N3O2/c23-22(24,25)13-15-1-5-17(6-2-15)27-21(29)28-18-7-11-20(12-8-18)30-19-9-3-16(14-26)4-10-19/h1-6,9-10,18,20H,7-8,11-13H2,(H2,27,28,29)/t18-,20-. The average Bonchev–Trinajstić information content (AvgIpc) is 2.70.